The number of rotatable bonds is 7. The Balaban J connectivity index is 2.83. The number of carbonyl (C=O) groups is 1. The molecule has 1 aromatic rings. The molecular formula is C12H20N4OS2. The number of hydrogen-bond acceptors (Lipinski definition) is 5. The van der Waals surface area contributed by atoms with E-state index in [1.54, 1.807) is 4.90 Å². The van der Waals surface area contributed by atoms with E-state index in [-0.39, 0.29) is 11.8 Å². The topological polar surface area (TPSA) is 72.1 Å². The van der Waals surface area contributed by atoms with Crippen LogP contribution in [0.15, 0.2) is 0 Å². The Bertz CT molecular complexity index is 447. The first-order valence-corrected chi connectivity index (χ1v) is 7.59. The maximum Gasteiger partial charge on any atom is 0.267 e. The van der Waals surface area contributed by atoms with Crippen LogP contribution in [0.25, 0.3) is 0 Å². The molecule has 0 aromatic carbocycles. The van der Waals surface area contributed by atoms with Crippen LogP contribution in [0.3, 0.4) is 0 Å². The second kappa shape index (κ2) is 7.49. The van der Waals surface area contributed by atoms with Crippen molar-refractivity contribution in [3.63, 3.8) is 0 Å². The van der Waals surface area contributed by atoms with Gasteiger partial charge in [0.1, 0.15) is 4.88 Å². The van der Waals surface area contributed by atoms with Crippen LogP contribution in [0.5, 0.6) is 0 Å². The van der Waals surface area contributed by atoms with Crippen molar-refractivity contribution < 1.29 is 4.79 Å². The van der Waals surface area contributed by atoms with Crippen LogP contribution in [0, 0.1) is 5.92 Å². The molecule has 0 aliphatic carbocycles. The first-order chi connectivity index (χ1) is 9.01. The highest BCUT2D eigenvalue weighted by atomic mass is 32.1. The highest BCUT2D eigenvalue weighted by Crippen LogP contribution is 2.16. The van der Waals surface area contributed by atoms with Gasteiger partial charge in [-0.2, -0.15) is 0 Å². The molecule has 1 rings (SSSR count). The summed E-state index contributed by atoms with van der Waals surface area (Å²) in [6, 6.07) is 0. The fourth-order valence-electron chi connectivity index (χ4n) is 1.69. The van der Waals surface area contributed by atoms with E-state index in [1.807, 2.05) is 13.8 Å². The molecule has 0 fully saturated rings. The first kappa shape index (κ1) is 16.0. The quantitative estimate of drug-likeness (QED) is 0.778. The van der Waals surface area contributed by atoms with Crippen molar-refractivity contribution in [1.29, 1.82) is 0 Å². The molecule has 1 amide bonds. The van der Waals surface area contributed by atoms with Crippen LogP contribution < -0.4 is 5.73 Å². The Morgan fingerprint density at radius 3 is 2.74 bits per heavy atom. The summed E-state index contributed by atoms with van der Waals surface area (Å²) >= 11 is 6.12. The summed E-state index contributed by atoms with van der Waals surface area (Å²) in [6.07, 6.45) is 1.72. The highest BCUT2D eigenvalue weighted by Gasteiger charge is 2.22. The van der Waals surface area contributed by atoms with E-state index in [1.165, 1.54) is 0 Å². The Labute approximate surface area is 123 Å². The second-order valence-electron chi connectivity index (χ2n) is 4.45. The minimum Gasteiger partial charge on any atom is -0.393 e. The van der Waals surface area contributed by atoms with Crippen LogP contribution in [-0.4, -0.2) is 38.5 Å². The maximum atomic E-state index is 12.5. The van der Waals surface area contributed by atoms with Gasteiger partial charge in [-0.05, 0) is 24.9 Å². The van der Waals surface area contributed by atoms with Crippen molar-refractivity contribution in [2.75, 3.05) is 13.1 Å². The average molecular weight is 300 g/mol. The molecule has 1 heterocycles. The minimum absolute atomic E-state index is 0.00871. The largest absolute Gasteiger partial charge is 0.393 e. The third kappa shape index (κ3) is 4.21. The van der Waals surface area contributed by atoms with Crippen molar-refractivity contribution in [2.24, 2.45) is 11.7 Å². The van der Waals surface area contributed by atoms with Gasteiger partial charge in [-0.3, -0.25) is 4.79 Å². The number of thiocarbonyl (C=S) groups is 1. The van der Waals surface area contributed by atoms with E-state index >= 15 is 0 Å². The Morgan fingerprint density at radius 2 is 2.21 bits per heavy atom. The molecular weight excluding hydrogens is 280 g/mol. The lowest BCUT2D eigenvalue weighted by atomic mass is 10.1. The number of amides is 1. The van der Waals surface area contributed by atoms with Crippen LogP contribution in [0.4, 0.5) is 0 Å². The van der Waals surface area contributed by atoms with Crippen molar-refractivity contribution in [2.45, 2.75) is 33.6 Å². The summed E-state index contributed by atoms with van der Waals surface area (Å²) in [5.74, 6) is -0.0153. The van der Waals surface area contributed by atoms with Gasteiger partial charge >= 0.3 is 0 Å². The van der Waals surface area contributed by atoms with Crippen molar-refractivity contribution in [3.8, 4) is 0 Å². The molecule has 2 N–H and O–H groups in total. The molecule has 5 nitrogen and oxygen atoms in total. The molecule has 1 aromatic heterocycles. The lowest BCUT2D eigenvalue weighted by Gasteiger charge is -2.23. The van der Waals surface area contributed by atoms with Crippen LogP contribution in [0.1, 0.15) is 42.6 Å². The predicted molar refractivity (Wildman–Crippen MR) is 81.4 cm³/mol. The maximum absolute atomic E-state index is 12.5. The standard InChI is InChI=1S/C12H20N4OS2/c1-4-6-9-10(19-15-14-9)12(17)16(5-2)7-8(3)11(13)18/h8H,4-7H2,1-3H3,(H2,13,18). The van der Waals surface area contributed by atoms with Gasteiger partial charge in [0, 0.05) is 19.0 Å². The molecule has 1 atom stereocenters. The monoisotopic (exact) mass is 300 g/mol. The Morgan fingerprint density at radius 1 is 1.53 bits per heavy atom. The molecule has 1 unspecified atom stereocenters. The lowest BCUT2D eigenvalue weighted by Crippen LogP contribution is -2.38. The van der Waals surface area contributed by atoms with E-state index < -0.39 is 0 Å². The van der Waals surface area contributed by atoms with Crippen LogP contribution >= 0.6 is 23.8 Å². The van der Waals surface area contributed by atoms with E-state index in [2.05, 4.69) is 16.5 Å². The van der Waals surface area contributed by atoms with Crippen LogP contribution in [-0.2, 0) is 6.42 Å². The summed E-state index contributed by atoms with van der Waals surface area (Å²) in [5, 5.41) is 4.03. The minimum atomic E-state index is -0.0240. The molecule has 0 saturated heterocycles. The zero-order valence-corrected chi connectivity index (χ0v) is 13.2. The van der Waals surface area contributed by atoms with E-state index in [0.717, 1.165) is 30.1 Å². The fraction of sp³-hybridized carbons (Fsp3) is 0.667. The second-order valence-corrected chi connectivity index (χ2v) is 5.67. The van der Waals surface area contributed by atoms with Gasteiger partial charge in [0.05, 0.1) is 10.7 Å². The van der Waals surface area contributed by atoms with E-state index in [9.17, 15) is 4.79 Å². The van der Waals surface area contributed by atoms with Gasteiger partial charge in [-0.25, -0.2) is 0 Å². The number of aryl methyl sites for hydroxylation is 1. The van der Waals surface area contributed by atoms with Crippen LogP contribution in [0.2, 0.25) is 0 Å². The summed E-state index contributed by atoms with van der Waals surface area (Å²) in [7, 11) is 0. The summed E-state index contributed by atoms with van der Waals surface area (Å²) in [5.41, 5.74) is 6.40. The fourth-order valence-corrected chi connectivity index (χ4v) is 2.44. The number of hydrogen-bond donors (Lipinski definition) is 1. The summed E-state index contributed by atoms with van der Waals surface area (Å²) < 4.78 is 3.89. The van der Waals surface area contributed by atoms with E-state index in [4.69, 9.17) is 18.0 Å². The molecule has 106 valence electrons. The molecule has 0 radical (unpaired) electrons. The number of aromatic nitrogens is 2. The lowest BCUT2D eigenvalue weighted by molar-refractivity contribution is 0.0758. The normalized spacial score (nSPS) is 12.2. The average Bonchev–Trinajstić information content (AvgIpc) is 2.83. The van der Waals surface area contributed by atoms with Crippen molar-refractivity contribution >= 4 is 34.6 Å². The van der Waals surface area contributed by atoms with E-state index in [0.29, 0.717) is 23.0 Å². The molecule has 0 bridgehead atoms. The molecule has 0 aliphatic heterocycles. The van der Waals surface area contributed by atoms with Gasteiger partial charge in [-0.15, -0.1) is 5.10 Å². The predicted octanol–water partition coefficient (Wildman–Crippen LogP) is 1.87. The molecule has 19 heavy (non-hydrogen) atoms. The summed E-state index contributed by atoms with van der Waals surface area (Å²) in [6.45, 7) is 7.08. The zero-order valence-electron chi connectivity index (χ0n) is 11.5. The van der Waals surface area contributed by atoms with Gasteiger partial charge in [0.15, 0.2) is 0 Å². The highest BCUT2D eigenvalue weighted by molar-refractivity contribution is 7.80. The van der Waals surface area contributed by atoms with Gasteiger partial charge in [0.25, 0.3) is 5.91 Å². The molecule has 0 saturated carbocycles. The first-order valence-electron chi connectivity index (χ1n) is 6.41. The summed E-state index contributed by atoms with van der Waals surface area (Å²) in [4.78, 5) is 15.3. The molecule has 7 heteroatoms. The zero-order chi connectivity index (χ0) is 14.4. The van der Waals surface area contributed by atoms with Gasteiger partial charge < -0.3 is 10.6 Å². The number of nitrogens with zero attached hydrogens (tertiary/aromatic N) is 3. The Hall–Kier alpha value is -1.08. The van der Waals surface area contributed by atoms with Gasteiger partial charge in [-0.1, -0.05) is 37.0 Å². The Kier molecular flexibility index (Phi) is 6.30. The smallest absolute Gasteiger partial charge is 0.267 e. The SMILES string of the molecule is CCCc1nnsc1C(=O)N(CC)CC(C)C(N)=S. The molecule has 0 spiro atoms. The third-order valence-corrected chi connectivity index (χ3v) is 4.04. The number of carbonyl (C=O) groups excluding carboxylic acids is 1. The molecule has 0 aliphatic rings. The van der Waals surface area contributed by atoms with Crippen molar-refractivity contribution in [3.05, 3.63) is 10.6 Å². The van der Waals surface area contributed by atoms with Crippen molar-refractivity contribution in [1.82, 2.24) is 14.5 Å². The van der Waals surface area contributed by atoms with Gasteiger partial charge in [0.2, 0.25) is 0 Å². The third-order valence-electron chi connectivity index (χ3n) is 2.89. The number of nitrogens with two attached hydrogens (primary N) is 1.